The van der Waals surface area contributed by atoms with Gasteiger partial charge in [-0.2, -0.15) is 10.4 Å². The predicted octanol–water partition coefficient (Wildman–Crippen LogP) is 5.50. The lowest BCUT2D eigenvalue weighted by Gasteiger charge is -2.05. The van der Waals surface area contributed by atoms with Crippen LogP contribution in [0.15, 0.2) is 46.9 Å². The molecule has 24 heavy (non-hydrogen) atoms. The van der Waals surface area contributed by atoms with Crippen molar-refractivity contribution in [3.05, 3.63) is 74.3 Å². The van der Waals surface area contributed by atoms with Gasteiger partial charge >= 0.3 is 0 Å². The van der Waals surface area contributed by atoms with E-state index in [1.807, 2.05) is 22.9 Å². The van der Waals surface area contributed by atoms with E-state index in [2.05, 4.69) is 48.0 Å². The molecule has 0 aliphatic rings. The first kappa shape index (κ1) is 16.8. The predicted molar refractivity (Wildman–Crippen MR) is 100 cm³/mol. The number of hydrogen-bond acceptors (Lipinski definition) is 2. The number of hydrogen-bond donors (Lipinski definition) is 0. The van der Waals surface area contributed by atoms with Gasteiger partial charge in [0.1, 0.15) is 6.07 Å². The maximum atomic E-state index is 9.01. The van der Waals surface area contributed by atoms with E-state index in [1.54, 1.807) is 12.1 Å². The van der Waals surface area contributed by atoms with Gasteiger partial charge in [0, 0.05) is 15.7 Å². The summed E-state index contributed by atoms with van der Waals surface area (Å²) in [7, 11) is 0. The third kappa shape index (κ3) is 3.24. The zero-order chi connectivity index (χ0) is 17.3. The topological polar surface area (TPSA) is 41.6 Å². The highest BCUT2D eigenvalue weighted by atomic mass is 79.9. The molecule has 0 amide bonds. The molecule has 0 aliphatic carbocycles. The number of aromatic nitrogens is 2. The Hall–Kier alpha value is -2.09. The van der Waals surface area contributed by atoms with E-state index in [0.717, 1.165) is 27.0 Å². The van der Waals surface area contributed by atoms with Gasteiger partial charge in [0.25, 0.3) is 0 Å². The summed E-state index contributed by atoms with van der Waals surface area (Å²) in [6.45, 7) is 4.84. The van der Waals surface area contributed by atoms with Gasteiger partial charge in [0.05, 0.1) is 22.8 Å². The first-order chi connectivity index (χ1) is 11.5. The molecule has 0 fully saturated rings. The lowest BCUT2D eigenvalue weighted by atomic mass is 10.1. The Morgan fingerprint density at radius 3 is 2.50 bits per heavy atom. The number of halogens is 2. The molecule has 0 spiro atoms. The molecule has 0 N–H and O–H groups in total. The third-order valence-electron chi connectivity index (χ3n) is 4.11. The zero-order valence-corrected chi connectivity index (χ0v) is 15.7. The fraction of sp³-hybridized carbons (Fsp3) is 0.158. The van der Waals surface area contributed by atoms with Gasteiger partial charge in [-0.1, -0.05) is 45.7 Å². The summed E-state index contributed by atoms with van der Waals surface area (Å²) in [5.41, 5.74) is 5.73. The highest BCUT2D eigenvalue weighted by Gasteiger charge is 2.14. The molecule has 3 nitrogen and oxygen atoms in total. The molecule has 0 radical (unpaired) electrons. The van der Waals surface area contributed by atoms with Crippen LogP contribution in [-0.4, -0.2) is 9.78 Å². The molecule has 0 bridgehead atoms. The van der Waals surface area contributed by atoms with Crippen molar-refractivity contribution in [3.8, 4) is 17.3 Å². The first-order valence-corrected chi connectivity index (χ1v) is 8.65. The molecule has 0 unspecified atom stereocenters. The van der Waals surface area contributed by atoms with Crippen LogP contribution in [0.3, 0.4) is 0 Å². The summed E-state index contributed by atoms with van der Waals surface area (Å²) < 4.78 is 3.06. The molecule has 1 aromatic heterocycles. The van der Waals surface area contributed by atoms with Gasteiger partial charge < -0.3 is 0 Å². The minimum absolute atomic E-state index is 0.453. The Morgan fingerprint density at radius 2 is 1.88 bits per heavy atom. The van der Waals surface area contributed by atoms with Crippen LogP contribution in [0.4, 0.5) is 0 Å². The molecule has 0 atom stereocenters. The summed E-state index contributed by atoms with van der Waals surface area (Å²) in [5, 5.41) is 14.2. The second-order valence-corrected chi connectivity index (χ2v) is 6.97. The molecule has 0 aliphatic heterocycles. The van der Waals surface area contributed by atoms with Crippen LogP contribution in [0, 0.1) is 25.2 Å². The van der Waals surface area contributed by atoms with Gasteiger partial charge in [-0.05, 0) is 49.2 Å². The molecule has 0 saturated carbocycles. The Kier molecular flexibility index (Phi) is 4.75. The molecule has 5 heteroatoms. The van der Waals surface area contributed by atoms with Crippen LogP contribution in [-0.2, 0) is 6.54 Å². The maximum Gasteiger partial charge on any atom is 0.101 e. The van der Waals surface area contributed by atoms with Gasteiger partial charge in [-0.25, -0.2) is 0 Å². The minimum atomic E-state index is 0.453. The van der Waals surface area contributed by atoms with Crippen LogP contribution >= 0.6 is 27.5 Å². The zero-order valence-electron chi connectivity index (χ0n) is 13.3. The average Bonchev–Trinajstić information content (AvgIpc) is 2.85. The van der Waals surface area contributed by atoms with Crippen molar-refractivity contribution in [2.45, 2.75) is 20.4 Å². The molecule has 0 saturated heterocycles. The van der Waals surface area contributed by atoms with Crippen molar-refractivity contribution >= 4 is 27.5 Å². The standard InChI is InChI=1S/C19H15BrClN3/c1-12-13(2)24(11-14-3-7-17(20)8-4-14)23-19(12)15-5-6-16(10-22)18(21)9-15/h3-9H,11H2,1-2H3. The van der Waals surface area contributed by atoms with Crippen LogP contribution < -0.4 is 0 Å². The lowest BCUT2D eigenvalue weighted by molar-refractivity contribution is 0.666. The average molecular weight is 401 g/mol. The van der Waals surface area contributed by atoms with Gasteiger partial charge in [0.15, 0.2) is 0 Å². The molecule has 2 aromatic carbocycles. The van der Waals surface area contributed by atoms with Crippen molar-refractivity contribution in [1.29, 1.82) is 5.26 Å². The van der Waals surface area contributed by atoms with Crippen molar-refractivity contribution < 1.29 is 0 Å². The lowest BCUT2D eigenvalue weighted by Crippen LogP contribution is -2.03. The summed E-state index contributed by atoms with van der Waals surface area (Å²) >= 11 is 9.61. The van der Waals surface area contributed by atoms with Crippen LogP contribution in [0.2, 0.25) is 5.02 Å². The largest absolute Gasteiger partial charge is 0.265 e. The van der Waals surface area contributed by atoms with Gasteiger partial charge in [-0.15, -0.1) is 0 Å². The monoisotopic (exact) mass is 399 g/mol. The van der Waals surface area contributed by atoms with E-state index in [-0.39, 0.29) is 0 Å². The number of nitrogens with zero attached hydrogens (tertiary/aromatic N) is 3. The smallest absolute Gasteiger partial charge is 0.101 e. The van der Waals surface area contributed by atoms with E-state index >= 15 is 0 Å². The molecule has 3 aromatic rings. The quantitative estimate of drug-likeness (QED) is 0.582. The van der Waals surface area contributed by atoms with Crippen molar-refractivity contribution in [2.75, 3.05) is 0 Å². The van der Waals surface area contributed by atoms with E-state index in [4.69, 9.17) is 22.0 Å². The number of benzene rings is 2. The van der Waals surface area contributed by atoms with Crippen LogP contribution in [0.1, 0.15) is 22.4 Å². The summed E-state index contributed by atoms with van der Waals surface area (Å²) in [6.07, 6.45) is 0. The second kappa shape index (κ2) is 6.80. The third-order valence-corrected chi connectivity index (χ3v) is 4.96. The molecule has 120 valence electrons. The van der Waals surface area contributed by atoms with Crippen molar-refractivity contribution in [2.24, 2.45) is 0 Å². The highest BCUT2D eigenvalue weighted by Crippen LogP contribution is 2.28. The van der Waals surface area contributed by atoms with E-state index < -0.39 is 0 Å². The van der Waals surface area contributed by atoms with E-state index in [1.165, 1.54) is 5.56 Å². The summed E-state index contributed by atoms with van der Waals surface area (Å²) in [4.78, 5) is 0. The molecular weight excluding hydrogens is 386 g/mol. The van der Waals surface area contributed by atoms with Crippen LogP contribution in [0.5, 0.6) is 0 Å². The molecular formula is C19H15BrClN3. The van der Waals surface area contributed by atoms with E-state index in [0.29, 0.717) is 17.1 Å². The Bertz CT molecular complexity index is 936. The van der Waals surface area contributed by atoms with Gasteiger partial charge in [0.2, 0.25) is 0 Å². The Morgan fingerprint density at radius 1 is 1.17 bits per heavy atom. The van der Waals surface area contributed by atoms with Crippen LogP contribution in [0.25, 0.3) is 11.3 Å². The number of nitriles is 1. The number of rotatable bonds is 3. The minimum Gasteiger partial charge on any atom is -0.265 e. The Balaban J connectivity index is 1.98. The molecule has 1 heterocycles. The van der Waals surface area contributed by atoms with Gasteiger partial charge in [-0.3, -0.25) is 4.68 Å². The second-order valence-electron chi connectivity index (χ2n) is 5.65. The summed E-state index contributed by atoms with van der Waals surface area (Å²) in [6, 6.07) is 15.7. The van der Waals surface area contributed by atoms with Crippen molar-refractivity contribution in [1.82, 2.24) is 9.78 Å². The summed E-state index contributed by atoms with van der Waals surface area (Å²) in [5.74, 6) is 0. The van der Waals surface area contributed by atoms with E-state index in [9.17, 15) is 0 Å². The molecule has 3 rings (SSSR count). The van der Waals surface area contributed by atoms with Crippen molar-refractivity contribution in [3.63, 3.8) is 0 Å². The first-order valence-electron chi connectivity index (χ1n) is 7.48. The highest BCUT2D eigenvalue weighted by molar-refractivity contribution is 9.10. The Labute approximate surface area is 154 Å². The fourth-order valence-corrected chi connectivity index (χ4v) is 3.07. The normalized spacial score (nSPS) is 10.6. The SMILES string of the molecule is Cc1c(-c2ccc(C#N)c(Cl)c2)nn(Cc2ccc(Br)cc2)c1C. The fourth-order valence-electron chi connectivity index (χ4n) is 2.58. The maximum absolute atomic E-state index is 9.01.